The van der Waals surface area contributed by atoms with Crippen molar-refractivity contribution in [2.24, 2.45) is 0 Å². The molecule has 0 aromatic heterocycles. The lowest BCUT2D eigenvalue weighted by Gasteiger charge is -2.03. The summed E-state index contributed by atoms with van der Waals surface area (Å²) in [5.74, 6) is -1.51. The molecule has 0 N–H and O–H groups in total. The van der Waals surface area contributed by atoms with Gasteiger partial charge in [0.25, 0.3) is 0 Å². The minimum Gasteiger partial charge on any atom is -0.460 e. The van der Waals surface area contributed by atoms with Gasteiger partial charge in [-0.15, -0.1) is 0 Å². The monoisotopic (exact) mass is 356 g/mol. The second-order valence-corrected chi connectivity index (χ2v) is 7.07. The zero-order valence-electron chi connectivity index (χ0n) is 16.8. The fourth-order valence-electron chi connectivity index (χ4n) is 2.88. The van der Waals surface area contributed by atoms with Crippen LogP contribution in [0.2, 0.25) is 0 Å². The molecule has 0 aliphatic carbocycles. The van der Waals surface area contributed by atoms with Crippen LogP contribution >= 0.6 is 0 Å². The molecule has 0 amide bonds. The minimum absolute atomic E-state index is 0.335. The molecule has 0 fully saturated rings. The van der Waals surface area contributed by atoms with Crippen molar-refractivity contribution in [3.8, 4) is 0 Å². The predicted molar refractivity (Wildman–Crippen MR) is 105 cm³/mol. The zero-order chi connectivity index (χ0) is 18.6. The normalized spacial score (nSPS) is 11.7. The number of hydrogen-bond donors (Lipinski definition) is 0. The summed E-state index contributed by atoms with van der Waals surface area (Å²) in [4.78, 5) is 11.5. The Bertz CT molecular complexity index is 326. The van der Waals surface area contributed by atoms with E-state index in [-0.39, 0.29) is 0 Å². The van der Waals surface area contributed by atoms with Crippen LogP contribution in [-0.4, -0.2) is 12.6 Å². The van der Waals surface area contributed by atoms with Crippen molar-refractivity contribution in [2.75, 3.05) is 6.61 Å². The molecule has 3 heteroatoms. The highest BCUT2D eigenvalue weighted by atomic mass is 19.1. The van der Waals surface area contributed by atoms with Crippen molar-refractivity contribution in [1.82, 2.24) is 0 Å². The van der Waals surface area contributed by atoms with Crippen LogP contribution in [0.1, 0.15) is 117 Å². The zero-order valence-corrected chi connectivity index (χ0v) is 16.8. The van der Waals surface area contributed by atoms with E-state index in [0.717, 1.165) is 32.1 Å². The van der Waals surface area contributed by atoms with Crippen LogP contribution in [0.25, 0.3) is 0 Å². The first-order chi connectivity index (χ1) is 12.2. The van der Waals surface area contributed by atoms with E-state index < -0.39 is 11.8 Å². The number of carbonyl (C=O) groups excluding carboxylic acids is 1. The first kappa shape index (κ1) is 24.1. The Hall–Kier alpha value is -0.860. The van der Waals surface area contributed by atoms with Crippen molar-refractivity contribution in [3.05, 3.63) is 11.9 Å². The molecule has 0 atom stereocenters. The lowest BCUT2D eigenvalue weighted by atomic mass is 10.1. The van der Waals surface area contributed by atoms with Crippen molar-refractivity contribution in [3.63, 3.8) is 0 Å². The molecule has 0 rings (SSSR count). The van der Waals surface area contributed by atoms with Gasteiger partial charge in [-0.25, -0.2) is 4.79 Å². The third-order valence-electron chi connectivity index (χ3n) is 4.56. The Kier molecular flexibility index (Phi) is 18.8. The largest absolute Gasteiger partial charge is 0.460 e. The minimum atomic E-state index is -0.789. The summed E-state index contributed by atoms with van der Waals surface area (Å²) < 4.78 is 18.5. The molecular weight excluding hydrogens is 315 g/mol. The van der Waals surface area contributed by atoms with Gasteiger partial charge in [0, 0.05) is 0 Å². The van der Waals surface area contributed by atoms with E-state index in [4.69, 9.17) is 4.74 Å². The van der Waals surface area contributed by atoms with Gasteiger partial charge >= 0.3 is 5.97 Å². The van der Waals surface area contributed by atoms with Crippen LogP contribution in [0, 0.1) is 0 Å². The van der Waals surface area contributed by atoms with Gasteiger partial charge in [0.05, 0.1) is 6.61 Å². The molecule has 0 bridgehead atoms. The van der Waals surface area contributed by atoms with Crippen molar-refractivity contribution < 1.29 is 13.9 Å². The molecule has 0 radical (unpaired) electrons. The molecule has 0 saturated heterocycles. The van der Waals surface area contributed by atoms with Crippen LogP contribution < -0.4 is 0 Å². The van der Waals surface area contributed by atoms with Crippen LogP contribution in [0.15, 0.2) is 11.9 Å². The molecule has 0 saturated carbocycles. The Labute approximate surface area is 155 Å². The van der Waals surface area contributed by atoms with Crippen molar-refractivity contribution in [2.45, 2.75) is 117 Å². The number of allylic oxidation sites excluding steroid dienone is 1. The standard InChI is InChI=1S/C22H41FO2/c1-3-5-7-9-10-11-12-13-14-15-17-19-21(23)22(24)25-20-18-16-8-6-4-2/h19H,3-18,20H2,1-2H3. The number of carbonyl (C=O) groups is 1. The number of halogens is 1. The maximum atomic E-state index is 13.6. The number of esters is 1. The number of rotatable bonds is 18. The van der Waals surface area contributed by atoms with E-state index in [0.29, 0.717) is 13.0 Å². The van der Waals surface area contributed by atoms with Crippen molar-refractivity contribution in [1.29, 1.82) is 0 Å². The SMILES string of the molecule is CCCCCCCCCCCCC=C(F)C(=O)OCCCCCCC. The molecule has 0 aromatic rings. The Morgan fingerprint density at radius 2 is 1.16 bits per heavy atom. The molecule has 148 valence electrons. The second-order valence-electron chi connectivity index (χ2n) is 7.07. The predicted octanol–water partition coefficient (Wildman–Crippen LogP) is 7.66. The quantitative estimate of drug-likeness (QED) is 0.143. The molecule has 0 heterocycles. The summed E-state index contributed by atoms with van der Waals surface area (Å²) in [6.07, 6.45) is 20.1. The molecule has 0 spiro atoms. The van der Waals surface area contributed by atoms with Crippen molar-refractivity contribution >= 4 is 5.97 Å². The van der Waals surface area contributed by atoms with Gasteiger partial charge in [-0.1, -0.05) is 97.3 Å². The van der Waals surface area contributed by atoms with Gasteiger partial charge in [-0.3, -0.25) is 0 Å². The van der Waals surface area contributed by atoms with E-state index in [1.54, 1.807) is 0 Å². The van der Waals surface area contributed by atoms with Crippen LogP contribution in [0.3, 0.4) is 0 Å². The Morgan fingerprint density at radius 3 is 1.68 bits per heavy atom. The van der Waals surface area contributed by atoms with Gasteiger partial charge in [0.15, 0.2) is 0 Å². The van der Waals surface area contributed by atoms with Gasteiger partial charge in [-0.2, -0.15) is 4.39 Å². The number of ether oxygens (including phenoxy) is 1. The summed E-state index contributed by atoms with van der Waals surface area (Å²) in [6.45, 7) is 4.74. The molecule has 25 heavy (non-hydrogen) atoms. The first-order valence-electron chi connectivity index (χ1n) is 10.7. The van der Waals surface area contributed by atoms with Gasteiger partial charge in [-0.05, 0) is 25.3 Å². The summed E-state index contributed by atoms with van der Waals surface area (Å²) >= 11 is 0. The van der Waals surface area contributed by atoms with Crippen LogP contribution in [-0.2, 0) is 9.53 Å². The maximum absolute atomic E-state index is 13.6. The van der Waals surface area contributed by atoms with Crippen LogP contribution in [0.5, 0.6) is 0 Å². The maximum Gasteiger partial charge on any atom is 0.366 e. The van der Waals surface area contributed by atoms with E-state index >= 15 is 0 Å². The molecular formula is C22H41FO2. The third kappa shape index (κ3) is 17.7. The highest BCUT2D eigenvalue weighted by Crippen LogP contribution is 2.12. The Morgan fingerprint density at radius 1 is 0.720 bits per heavy atom. The third-order valence-corrected chi connectivity index (χ3v) is 4.56. The summed E-state index contributed by atoms with van der Waals surface area (Å²) in [7, 11) is 0. The van der Waals surface area contributed by atoms with E-state index in [2.05, 4.69) is 13.8 Å². The summed E-state index contributed by atoms with van der Waals surface area (Å²) in [6, 6.07) is 0. The smallest absolute Gasteiger partial charge is 0.366 e. The number of hydrogen-bond acceptors (Lipinski definition) is 2. The van der Waals surface area contributed by atoms with E-state index in [1.807, 2.05) is 0 Å². The fraction of sp³-hybridized carbons (Fsp3) is 0.864. The molecule has 0 unspecified atom stereocenters. The van der Waals surface area contributed by atoms with Gasteiger partial charge < -0.3 is 4.74 Å². The Balaban J connectivity index is 3.43. The fourth-order valence-corrected chi connectivity index (χ4v) is 2.88. The van der Waals surface area contributed by atoms with E-state index in [9.17, 15) is 9.18 Å². The van der Waals surface area contributed by atoms with Gasteiger partial charge in [0.1, 0.15) is 0 Å². The highest BCUT2D eigenvalue weighted by molar-refractivity contribution is 5.85. The number of unbranched alkanes of at least 4 members (excludes halogenated alkanes) is 14. The summed E-state index contributed by atoms with van der Waals surface area (Å²) in [5, 5.41) is 0. The molecule has 0 aliphatic rings. The summed E-state index contributed by atoms with van der Waals surface area (Å²) in [5.41, 5.74) is 0. The lowest BCUT2D eigenvalue weighted by molar-refractivity contribution is -0.140. The average Bonchev–Trinajstić information content (AvgIpc) is 2.62. The molecule has 0 aliphatic heterocycles. The molecule has 0 aromatic carbocycles. The van der Waals surface area contributed by atoms with Crippen LogP contribution in [0.4, 0.5) is 4.39 Å². The van der Waals surface area contributed by atoms with Gasteiger partial charge in [0.2, 0.25) is 5.83 Å². The second kappa shape index (κ2) is 19.5. The highest BCUT2D eigenvalue weighted by Gasteiger charge is 2.09. The lowest BCUT2D eigenvalue weighted by Crippen LogP contribution is -2.06. The average molecular weight is 357 g/mol. The molecule has 2 nitrogen and oxygen atoms in total. The van der Waals surface area contributed by atoms with E-state index in [1.165, 1.54) is 70.3 Å². The first-order valence-corrected chi connectivity index (χ1v) is 10.7. The topological polar surface area (TPSA) is 26.3 Å².